The number of nitrogens with one attached hydrogen (secondary N) is 2. The Kier molecular flexibility index (Phi) is 6.66. The number of guanidine groups is 1. The van der Waals surface area contributed by atoms with Crippen LogP contribution in [0.4, 0.5) is 0 Å². The van der Waals surface area contributed by atoms with Gasteiger partial charge >= 0.3 is 0 Å². The van der Waals surface area contributed by atoms with E-state index < -0.39 is 0 Å². The van der Waals surface area contributed by atoms with Crippen molar-refractivity contribution in [3.8, 4) is 0 Å². The molecule has 0 aliphatic heterocycles. The van der Waals surface area contributed by atoms with Gasteiger partial charge < -0.3 is 15.1 Å². The van der Waals surface area contributed by atoms with Crippen molar-refractivity contribution in [3.05, 3.63) is 17.3 Å². The van der Waals surface area contributed by atoms with Gasteiger partial charge in [0.2, 0.25) is 5.89 Å². The minimum absolute atomic E-state index is 0. The predicted molar refractivity (Wildman–Crippen MR) is 84.5 cm³/mol. The minimum Gasteiger partial charge on any atom is -0.444 e. The molecule has 5 nitrogen and oxygen atoms in total. The summed E-state index contributed by atoms with van der Waals surface area (Å²) < 4.78 is 5.48. The molecule has 0 unspecified atom stereocenters. The van der Waals surface area contributed by atoms with Crippen LogP contribution in [0, 0.1) is 13.8 Å². The molecule has 1 aromatic heterocycles. The number of oxazole rings is 1. The van der Waals surface area contributed by atoms with Gasteiger partial charge in [0, 0.05) is 12.6 Å². The second-order valence-electron chi connectivity index (χ2n) is 5.05. The maximum Gasteiger partial charge on any atom is 0.214 e. The Morgan fingerprint density at radius 3 is 2.33 bits per heavy atom. The molecule has 104 valence electrons. The molecule has 1 rings (SSSR count). The summed E-state index contributed by atoms with van der Waals surface area (Å²) in [6.07, 6.45) is 0. The number of aliphatic imine (C=N–C) groups is 1. The summed E-state index contributed by atoms with van der Waals surface area (Å²) in [4.78, 5) is 8.44. The van der Waals surface area contributed by atoms with E-state index in [1.807, 2.05) is 13.8 Å². The molecule has 0 atom stereocenters. The second-order valence-corrected chi connectivity index (χ2v) is 5.05. The van der Waals surface area contributed by atoms with Gasteiger partial charge in [-0.2, -0.15) is 0 Å². The molecule has 0 radical (unpaired) electrons. The topological polar surface area (TPSA) is 62.5 Å². The van der Waals surface area contributed by atoms with Gasteiger partial charge in [0.15, 0.2) is 5.96 Å². The zero-order chi connectivity index (χ0) is 13.1. The summed E-state index contributed by atoms with van der Waals surface area (Å²) in [5.41, 5.74) is 0.908. The van der Waals surface area contributed by atoms with Crippen LogP contribution in [-0.4, -0.2) is 23.5 Å². The molecule has 0 bridgehead atoms. The Morgan fingerprint density at radius 1 is 1.33 bits per heavy atom. The zero-order valence-corrected chi connectivity index (χ0v) is 14.2. The lowest BCUT2D eigenvalue weighted by Gasteiger charge is -2.23. The van der Waals surface area contributed by atoms with Crippen LogP contribution >= 0.6 is 24.0 Å². The van der Waals surface area contributed by atoms with Gasteiger partial charge in [-0.3, -0.25) is 4.99 Å². The van der Waals surface area contributed by atoms with Crippen molar-refractivity contribution in [2.75, 3.05) is 7.05 Å². The van der Waals surface area contributed by atoms with Crippen molar-refractivity contribution in [1.29, 1.82) is 0 Å². The SMILES string of the molecule is CN=C(NCc1nc(C)c(C)o1)NC(C)(C)C.I. The summed E-state index contributed by atoms with van der Waals surface area (Å²) in [5, 5.41) is 6.43. The molecule has 0 amide bonds. The lowest BCUT2D eigenvalue weighted by molar-refractivity contribution is 0.457. The standard InChI is InChI=1S/C12H22N4O.HI/c1-8-9(2)17-10(15-8)7-14-11(13-6)16-12(3,4)5;/h7H2,1-6H3,(H2,13,14,16);1H. The van der Waals surface area contributed by atoms with Crippen LogP contribution in [0.15, 0.2) is 9.41 Å². The first-order chi connectivity index (χ1) is 7.81. The van der Waals surface area contributed by atoms with Crippen LogP contribution in [-0.2, 0) is 6.54 Å². The Morgan fingerprint density at radius 2 is 1.94 bits per heavy atom. The third-order valence-electron chi connectivity index (χ3n) is 2.20. The number of halogens is 1. The van der Waals surface area contributed by atoms with E-state index in [2.05, 4.69) is 41.4 Å². The lowest BCUT2D eigenvalue weighted by atomic mass is 10.1. The minimum atomic E-state index is -0.0235. The smallest absolute Gasteiger partial charge is 0.214 e. The molecule has 18 heavy (non-hydrogen) atoms. The van der Waals surface area contributed by atoms with Crippen molar-refractivity contribution in [1.82, 2.24) is 15.6 Å². The molecule has 6 heteroatoms. The Labute approximate surface area is 126 Å². The van der Waals surface area contributed by atoms with Gasteiger partial charge in [-0.15, -0.1) is 24.0 Å². The first-order valence-corrected chi connectivity index (χ1v) is 5.73. The van der Waals surface area contributed by atoms with E-state index in [4.69, 9.17) is 4.42 Å². The third kappa shape index (κ3) is 5.70. The van der Waals surface area contributed by atoms with E-state index in [0.29, 0.717) is 12.4 Å². The summed E-state index contributed by atoms with van der Waals surface area (Å²) in [6.45, 7) is 10.6. The average molecular weight is 366 g/mol. The van der Waals surface area contributed by atoms with Crippen molar-refractivity contribution in [2.24, 2.45) is 4.99 Å². The van der Waals surface area contributed by atoms with Crippen molar-refractivity contribution in [2.45, 2.75) is 46.7 Å². The first-order valence-electron chi connectivity index (χ1n) is 5.73. The average Bonchev–Trinajstić information content (AvgIpc) is 2.51. The molecule has 1 heterocycles. The fourth-order valence-electron chi connectivity index (χ4n) is 1.31. The lowest BCUT2D eigenvalue weighted by Crippen LogP contribution is -2.47. The molecule has 0 fully saturated rings. The number of nitrogens with zero attached hydrogens (tertiary/aromatic N) is 2. The fraction of sp³-hybridized carbons (Fsp3) is 0.667. The maximum atomic E-state index is 5.48. The molecule has 2 N–H and O–H groups in total. The first kappa shape index (κ1) is 17.2. The summed E-state index contributed by atoms with van der Waals surface area (Å²) in [5.74, 6) is 2.28. The van der Waals surface area contributed by atoms with Gasteiger partial charge in [-0.05, 0) is 34.6 Å². The number of rotatable bonds is 2. The molecule has 0 aliphatic rings. The third-order valence-corrected chi connectivity index (χ3v) is 2.20. The van der Waals surface area contributed by atoms with Gasteiger partial charge in [0.05, 0.1) is 12.2 Å². The highest BCUT2D eigenvalue weighted by molar-refractivity contribution is 14.0. The summed E-state index contributed by atoms with van der Waals surface area (Å²) in [7, 11) is 1.74. The molecular weight excluding hydrogens is 343 g/mol. The van der Waals surface area contributed by atoms with E-state index >= 15 is 0 Å². The molecule has 0 aromatic carbocycles. The zero-order valence-electron chi connectivity index (χ0n) is 11.9. The maximum absolute atomic E-state index is 5.48. The van der Waals surface area contributed by atoms with Crippen LogP contribution < -0.4 is 10.6 Å². The summed E-state index contributed by atoms with van der Waals surface area (Å²) >= 11 is 0. The molecular formula is C12H23IN4O. The molecule has 0 aliphatic carbocycles. The fourth-order valence-corrected chi connectivity index (χ4v) is 1.31. The Balaban J connectivity index is 0.00000289. The monoisotopic (exact) mass is 366 g/mol. The van der Waals surface area contributed by atoms with Crippen LogP contribution in [0.25, 0.3) is 0 Å². The van der Waals surface area contributed by atoms with E-state index in [0.717, 1.165) is 17.4 Å². The van der Waals surface area contributed by atoms with Crippen molar-refractivity contribution < 1.29 is 4.42 Å². The molecule has 0 saturated heterocycles. The quantitative estimate of drug-likeness (QED) is 0.479. The van der Waals surface area contributed by atoms with E-state index in [9.17, 15) is 0 Å². The molecule has 0 spiro atoms. The number of aryl methyl sites for hydroxylation is 2. The van der Waals surface area contributed by atoms with E-state index in [1.165, 1.54) is 0 Å². The highest BCUT2D eigenvalue weighted by atomic mass is 127. The number of aromatic nitrogens is 1. The predicted octanol–water partition coefficient (Wildman–Crippen LogP) is 2.37. The van der Waals surface area contributed by atoms with Gasteiger partial charge in [-0.25, -0.2) is 4.98 Å². The van der Waals surface area contributed by atoms with Crippen molar-refractivity contribution in [3.63, 3.8) is 0 Å². The number of hydrogen-bond acceptors (Lipinski definition) is 3. The highest BCUT2D eigenvalue weighted by Gasteiger charge is 2.12. The van der Waals surface area contributed by atoms with Gasteiger partial charge in [0.25, 0.3) is 0 Å². The Hall–Kier alpha value is -0.790. The van der Waals surface area contributed by atoms with Gasteiger partial charge in [-0.1, -0.05) is 0 Å². The van der Waals surface area contributed by atoms with Crippen LogP contribution in [0.1, 0.15) is 38.1 Å². The number of hydrogen-bond donors (Lipinski definition) is 2. The summed E-state index contributed by atoms with van der Waals surface area (Å²) in [6, 6.07) is 0. The molecule has 0 saturated carbocycles. The van der Waals surface area contributed by atoms with Crippen LogP contribution in [0.2, 0.25) is 0 Å². The van der Waals surface area contributed by atoms with Crippen LogP contribution in [0.3, 0.4) is 0 Å². The van der Waals surface area contributed by atoms with Crippen molar-refractivity contribution >= 4 is 29.9 Å². The largest absolute Gasteiger partial charge is 0.444 e. The van der Waals surface area contributed by atoms with Crippen LogP contribution in [0.5, 0.6) is 0 Å². The normalized spacial score (nSPS) is 12.0. The highest BCUT2D eigenvalue weighted by Crippen LogP contribution is 2.07. The Bertz CT molecular complexity index is 387. The van der Waals surface area contributed by atoms with E-state index in [1.54, 1.807) is 7.05 Å². The van der Waals surface area contributed by atoms with E-state index in [-0.39, 0.29) is 29.5 Å². The second kappa shape index (κ2) is 6.96. The molecule has 1 aromatic rings. The van der Waals surface area contributed by atoms with Gasteiger partial charge in [0.1, 0.15) is 5.76 Å².